The van der Waals surface area contributed by atoms with Crippen molar-refractivity contribution in [2.45, 2.75) is 0 Å². The number of carbonyl (C=O) groups excluding carboxylic acids is 2. The van der Waals surface area contributed by atoms with Crippen molar-refractivity contribution in [2.24, 2.45) is 0 Å². The molecule has 0 amide bonds. The number of methoxy groups -OCH3 is 2. The maximum absolute atomic E-state index is 11.2. The van der Waals surface area contributed by atoms with Crippen LogP contribution in [-0.2, 0) is 0 Å². The third-order valence-corrected chi connectivity index (χ3v) is 5.95. The summed E-state index contributed by atoms with van der Waals surface area (Å²) in [5.74, 6) is 0.763. The number of rotatable bonds is 7. The van der Waals surface area contributed by atoms with E-state index in [-0.39, 0.29) is 5.69 Å². The maximum atomic E-state index is 11.2. The standard InChI is InChI=1S/C25H17Cl2N3O4/c1-33-20-8-15(10-29-19(20)13-32)17-4-3-5-18(23(17)26)22-21(34-2)11-30-25(24(22)27)14-6-7-16(12-31)28-9-14/h3-13H,1-2H3. The quantitative estimate of drug-likeness (QED) is 0.299. The molecule has 3 aromatic heterocycles. The minimum absolute atomic E-state index is 0.191. The average Bonchev–Trinajstić information content (AvgIpc) is 2.88. The third-order valence-electron chi connectivity index (χ3n) is 5.18. The summed E-state index contributed by atoms with van der Waals surface area (Å²) < 4.78 is 10.8. The van der Waals surface area contributed by atoms with E-state index in [4.69, 9.17) is 32.7 Å². The molecular formula is C25H17Cl2N3O4. The molecule has 7 nitrogen and oxygen atoms in total. The van der Waals surface area contributed by atoms with E-state index in [1.54, 1.807) is 30.6 Å². The summed E-state index contributed by atoms with van der Waals surface area (Å²) in [4.78, 5) is 34.8. The Morgan fingerprint density at radius 2 is 1.50 bits per heavy atom. The zero-order valence-corrected chi connectivity index (χ0v) is 19.6. The molecule has 0 fully saturated rings. The number of benzene rings is 1. The number of hydrogen-bond acceptors (Lipinski definition) is 7. The van der Waals surface area contributed by atoms with E-state index in [1.807, 2.05) is 18.2 Å². The molecular weight excluding hydrogens is 477 g/mol. The molecule has 4 rings (SSSR count). The van der Waals surface area contributed by atoms with Gasteiger partial charge < -0.3 is 9.47 Å². The highest BCUT2D eigenvalue weighted by molar-refractivity contribution is 6.39. The van der Waals surface area contributed by atoms with Gasteiger partial charge in [-0.05, 0) is 18.2 Å². The molecule has 9 heteroatoms. The highest BCUT2D eigenvalue weighted by Crippen LogP contribution is 2.46. The van der Waals surface area contributed by atoms with Gasteiger partial charge in [0.2, 0.25) is 0 Å². The van der Waals surface area contributed by atoms with Crippen molar-refractivity contribution in [3.05, 3.63) is 76.4 Å². The number of nitrogens with zero attached hydrogens (tertiary/aromatic N) is 3. The SMILES string of the molecule is COc1cc(-c2cccc(-c3c(OC)cnc(-c4ccc(C=O)nc4)c3Cl)c2Cl)cnc1C=O. The Hall–Kier alpha value is -3.81. The largest absolute Gasteiger partial charge is 0.494 e. The second kappa shape index (κ2) is 9.99. The van der Waals surface area contributed by atoms with E-state index in [0.29, 0.717) is 73.3 Å². The van der Waals surface area contributed by atoms with Gasteiger partial charge in [0.15, 0.2) is 12.6 Å². The van der Waals surface area contributed by atoms with E-state index in [2.05, 4.69) is 15.0 Å². The van der Waals surface area contributed by atoms with Crippen LogP contribution in [0.3, 0.4) is 0 Å². The number of hydrogen-bond donors (Lipinski definition) is 0. The molecule has 0 N–H and O–H groups in total. The van der Waals surface area contributed by atoms with Crippen LogP contribution in [0.2, 0.25) is 10.0 Å². The molecule has 4 aromatic rings. The molecule has 0 aliphatic heterocycles. The molecule has 0 unspecified atom stereocenters. The summed E-state index contributed by atoms with van der Waals surface area (Å²) in [6, 6.07) is 10.5. The third kappa shape index (κ3) is 4.23. The summed E-state index contributed by atoms with van der Waals surface area (Å²) in [6.07, 6.45) is 5.92. The second-order valence-electron chi connectivity index (χ2n) is 7.05. The summed E-state index contributed by atoms with van der Waals surface area (Å²) in [6.45, 7) is 0. The fourth-order valence-corrected chi connectivity index (χ4v) is 4.18. The minimum Gasteiger partial charge on any atom is -0.494 e. The highest BCUT2D eigenvalue weighted by Gasteiger charge is 2.21. The molecule has 0 saturated heterocycles. The van der Waals surface area contributed by atoms with Crippen molar-refractivity contribution >= 4 is 35.8 Å². The first-order valence-corrected chi connectivity index (χ1v) is 10.7. The molecule has 0 bridgehead atoms. The van der Waals surface area contributed by atoms with Gasteiger partial charge in [-0.2, -0.15) is 0 Å². The summed E-state index contributed by atoms with van der Waals surface area (Å²) >= 11 is 13.7. The van der Waals surface area contributed by atoms with Gasteiger partial charge in [0.1, 0.15) is 22.9 Å². The molecule has 1 aromatic carbocycles. The number of ether oxygens (including phenoxy) is 2. The van der Waals surface area contributed by atoms with Crippen LogP contribution in [0.5, 0.6) is 11.5 Å². The van der Waals surface area contributed by atoms with E-state index < -0.39 is 0 Å². The van der Waals surface area contributed by atoms with Crippen LogP contribution in [-0.4, -0.2) is 41.7 Å². The normalized spacial score (nSPS) is 10.6. The fourth-order valence-electron chi connectivity index (χ4n) is 3.50. The van der Waals surface area contributed by atoms with Crippen LogP contribution in [0.25, 0.3) is 33.5 Å². The summed E-state index contributed by atoms with van der Waals surface area (Å²) in [7, 11) is 2.98. The Labute approximate surface area is 205 Å². The Morgan fingerprint density at radius 3 is 2.15 bits per heavy atom. The minimum atomic E-state index is 0.191. The van der Waals surface area contributed by atoms with Crippen LogP contribution in [0.4, 0.5) is 0 Å². The molecule has 0 saturated carbocycles. The van der Waals surface area contributed by atoms with Crippen molar-refractivity contribution in [2.75, 3.05) is 14.2 Å². The van der Waals surface area contributed by atoms with Crippen molar-refractivity contribution < 1.29 is 19.1 Å². The van der Waals surface area contributed by atoms with Crippen molar-refractivity contribution in [3.8, 4) is 45.0 Å². The Kier molecular flexibility index (Phi) is 6.86. The first-order valence-electron chi connectivity index (χ1n) is 9.94. The van der Waals surface area contributed by atoms with Crippen molar-refractivity contribution in [1.82, 2.24) is 15.0 Å². The average molecular weight is 494 g/mol. The lowest BCUT2D eigenvalue weighted by atomic mass is 9.98. The number of pyridine rings is 3. The summed E-state index contributed by atoms with van der Waals surface area (Å²) in [5.41, 5.74) is 4.06. The molecule has 34 heavy (non-hydrogen) atoms. The Morgan fingerprint density at radius 1 is 0.765 bits per heavy atom. The summed E-state index contributed by atoms with van der Waals surface area (Å²) in [5, 5.41) is 0.711. The molecule has 170 valence electrons. The van der Waals surface area contributed by atoms with E-state index in [0.717, 1.165) is 0 Å². The lowest BCUT2D eigenvalue weighted by Gasteiger charge is -2.17. The maximum Gasteiger partial charge on any atom is 0.172 e. The number of aromatic nitrogens is 3. The first-order chi connectivity index (χ1) is 16.5. The smallest absolute Gasteiger partial charge is 0.172 e. The zero-order chi connectivity index (χ0) is 24.2. The van der Waals surface area contributed by atoms with Crippen LogP contribution in [0, 0.1) is 0 Å². The van der Waals surface area contributed by atoms with Gasteiger partial charge in [0, 0.05) is 40.2 Å². The number of carbonyl (C=O) groups is 2. The van der Waals surface area contributed by atoms with Crippen LogP contribution < -0.4 is 9.47 Å². The molecule has 3 heterocycles. The Balaban J connectivity index is 1.89. The molecule has 0 aliphatic carbocycles. The molecule has 0 aliphatic rings. The van der Waals surface area contributed by atoms with Crippen LogP contribution in [0.15, 0.2) is 55.0 Å². The lowest BCUT2D eigenvalue weighted by molar-refractivity contribution is 0.111. The van der Waals surface area contributed by atoms with Gasteiger partial charge in [0.05, 0.1) is 36.2 Å². The van der Waals surface area contributed by atoms with Gasteiger partial charge in [-0.1, -0.05) is 41.4 Å². The van der Waals surface area contributed by atoms with Gasteiger partial charge in [-0.3, -0.25) is 19.6 Å². The van der Waals surface area contributed by atoms with Gasteiger partial charge in [0.25, 0.3) is 0 Å². The van der Waals surface area contributed by atoms with Crippen molar-refractivity contribution in [1.29, 1.82) is 0 Å². The van der Waals surface area contributed by atoms with E-state index in [9.17, 15) is 9.59 Å². The monoisotopic (exact) mass is 493 g/mol. The Bertz CT molecular complexity index is 1390. The van der Waals surface area contributed by atoms with Crippen molar-refractivity contribution in [3.63, 3.8) is 0 Å². The molecule has 0 atom stereocenters. The van der Waals surface area contributed by atoms with Gasteiger partial charge >= 0.3 is 0 Å². The number of halogens is 2. The molecule has 0 radical (unpaired) electrons. The van der Waals surface area contributed by atoms with Gasteiger partial charge in [-0.15, -0.1) is 0 Å². The number of aldehydes is 2. The van der Waals surface area contributed by atoms with Gasteiger partial charge in [-0.25, -0.2) is 4.98 Å². The van der Waals surface area contributed by atoms with E-state index >= 15 is 0 Å². The van der Waals surface area contributed by atoms with Crippen LogP contribution in [0.1, 0.15) is 21.0 Å². The predicted octanol–water partition coefficient (Wildman–Crippen LogP) is 5.82. The lowest BCUT2D eigenvalue weighted by Crippen LogP contribution is -1.97. The fraction of sp³-hybridized carbons (Fsp3) is 0.0800. The topological polar surface area (TPSA) is 91.3 Å². The first kappa shape index (κ1) is 23.4. The predicted molar refractivity (Wildman–Crippen MR) is 130 cm³/mol. The second-order valence-corrected chi connectivity index (χ2v) is 7.81. The molecule has 0 spiro atoms. The highest BCUT2D eigenvalue weighted by atomic mass is 35.5. The zero-order valence-electron chi connectivity index (χ0n) is 18.1. The van der Waals surface area contributed by atoms with Crippen LogP contribution >= 0.6 is 23.2 Å². The van der Waals surface area contributed by atoms with E-state index in [1.165, 1.54) is 20.4 Å².